The molecule has 3 aromatic rings. The SMILES string of the molecule is CCn1nnc2c(N3CCN(C(=O)c4ccc(Cl)cc4Cl)CC3)ncnc21. The van der Waals surface area contributed by atoms with E-state index < -0.39 is 0 Å². The molecule has 140 valence electrons. The van der Waals surface area contributed by atoms with Crippen LogP contribution in [0, 0.1) is 0 Å². The summed E-state index contributed by atoms with van der Waals surface area (Å²) in [4.78, 5) is 25.3. The number of rotatable bonds is 3. The number of piperazine rings is 1. The van der Waals surface area contributed by atoms with E-state index in [0.29, 0.717) is 59.5 Å². The molecule has 0 N–H and O–H groups in total. The van der Waals surface area contributed by atoms with Gasteiger partial charge in [0, 0.05) is 37.7 Å². The van der Waals surface area contributed by atoms with Crippen LogP contribution in [-0.4, -0.2) is 61.9 Å². The van der Waals surface area contributed by atoms with Crippen LogP contribution in [0.1, 0.15) is 17.3 Å². The maximum absolute atomic E-state index is 12.8. The largest absolute Gasteiger partial charge is 0.351 e. The molecule has 0 radical (unpaired) electrons. The number of hydrogen-bond acceptors (Lipinski definition) is 6. The van der Waals surface area contributed by atoms with Gasteiger partial charge in [0.1, 0.15) is 6.33 Å². The standard InChI is InChI=1S/C17H17Cl2N7O/c1-2-26-16-14(22-23-26)15(20-10-21-16)24-5-7-25(8-6-24)17(27)12-4-3-11(18)9-13(12)19/h3-4,9-10H,2,5-8H2,1H3. The number of benzene rings is 1. The summed E-state index contributed by atoms with van der Waals surface area (Å²) in [6.07, 6.45) is 1.53. The summed E-state index contributed by atoms with van der Waals surface area (Å²) in [5.41, 5.74) is 1.86. The van der Waals surface area contributed by atoms with Crippen LogP contribution in [0.15, 0.2) is 24.5 Å². The fourth-order valence-corrected chi connectivity index (χ4v) is 3.67. The summed E-state index contributed by atoms with van der Waals surface area (Å²) in [6, 6.07) is 4.92. The molecule has 1 fully saturated rings. The first kappa shape index (κ1) is 17.9. The van der Waals surface area contributed by atoms with Crippen LogP contribution in [0.2, 0.25) is 10.0 Å². The van der Waals surface area contributed by atoms with Gasteiger partial charge in [-0.3, -0.25) is 4.79 Å². The Morgan fingerprint density at radius 1 is 1.15 bits per heavy atom. The Labute approximate surface area is 165 Å². The second-order valence-electron chi connectivity index (χ2n) is 6.18. The minimum Gasteiger partial charge on any atom is -0.351 e. The molecule has 1 aliphatic rings. The van der Waals surface area contributed by atoms with E-state index in [9.17, 15) is 4.79 Å². The first-order valence-electron chi connectivity index (χ1n) is 8.62. The van der Waals surface area contributed by atoms with Crippen LogP contribution in [0.4, 0.5) is 5.82 Å². The molecular formula is C17H17Cl2N7O. The second kappa shape index (κ2) is 7.28. The van der Waals surface area contributed by atoms with Crippen LogP contribution in [0.25, 0.3) is 11.2 Å². The first-order valence-corrected chi connectivity index (χ1v) is 9.37. The maximum Gasteiger partial charge on any atom is 0.255 e. The lowest BCUT2D eigenvalue weighted by molar-refractivity contribution is 0.0747. The molecule has 10 heteroatoms. The molecule has 1 aliphatic heterocycles. The molecule has 0 bridgehead atoms. The van der Waals surface area contributed by atoms with E-state index in [-0.39, 0.29) is 5.91 Å². The highest BCUT2D eigenvalue weighted by Gasteiger charge is 2.26. The number of amides is 1. The predicted octanol–water partition coefficient (Wildman–Crippen LogP) is 2.51. The summed E-state index contributed by atoms with van der Waals surface area (Å²) in [7, 11) is 0. The van der Waals surface area contributed by atoms with E-state index in [1.54, 1.807) is 27.8 Å². The lowest BCUT2D eigenvalue weighted by Crippen LogP contribution is -2.49. The Balaban J connectivity index is 1.51. The maximum atomic E-state index is 12.8. The molecule has 3 heterocycles. The molecule has 0 saturated carbocycles. The summed E-state index contributed by atoms with van der Waals surface area (Å²) in [5.74, 6) is 0.650. The number of fused-ring (bicyclic) bond motifs is 1. The molecule has 4 rings (SSSR count). The van der Waals surface area contributed by atoms with Crippen molar-refractivity contribution < 1.29 is 4.79 Å². The Kier molecular flexibility index (Phi) is 4.84. The molecule has 0 unspecified atom stereocenters. The Hall–Kier alpha value is -2.45. The third kappa shape index (κ3) is 3.30. The van der Waals surface area contributed by atoms with Crippen molar-refractivity contribution >= 4 is 46.1 Å². The third-order valence-electron chi connectivity index (χ3n) is 4.61. The van der Waals surface area contributed by atoms with E-state index in [0.717, 1.165) is 5.82 Å². The van der Waals surface area contributed by atoms with Crippen molar-refractivity contribution in [2.75, 3.05) is 31.1 Å². The van der Waals surface area contributed by atoms with Crippen molar-refractivity contribution in [2.45, 2.75) is 13.5 Å². The Bertz CT molecular complexity index is 998. The van der Waals surface area contributed by atoms with E-state index >= 15 is 0 Å². The van der Waals surface area contributed by atoms with Crippen molar-refractivity contribution in [3.8, 4) is 0 Å². The van der Waals surface area contributed by atoms with Crippen LogP contribution in [0.5, 0.6) is 0 Å². The third-order valence-corrected chi connectivity index (χ3v) is 5.16. The number of aromatic nitrogens is 5. The minimum absolute atomic E-state index is 0.0962. The Morgan fingerprint density at radius 2 is 1.93 bits per heavy atom. The van der Waals surface area contributed by atoms with Gasteiger partial charge in [0.05, 0.1) is 10.6 Å². The highest BCUT2D eigenvalue weighted by atomic mass is 35.5. The number of nitrogens with zero attached hydrogens (tertiary/aromatic N) is 7. The van der Waals surface area contributed by atoms with Gasteiger partial charge < -0.3 is 9.80 Å². The van der Waals surface area contributed by atoms with E-state index in [1.807, 2.05) is 6.92 Å². The molecule has 8 nitrogen and oxygen atoms in total. The van der Waals surface area contributed by atoms with Gasteiger partial charge in [-0.1, -0.05) is 28.4 Å². The second-order valence-corrected chi connectivity index (χ2v) is 7.02. The molecule has 1 aromatic carbocycles. The van der Waals surface area contributed by atoms with Crippen molar-refractivity contribution in [2.24, 2.45) is 0 Å². The number of carbonyl (C=O) groups excluding carboxylic acids is 1. The summed E-state index contributed by atoms with van der Waals surface area (Å²) in [6.45, 7) is 5.08. The number of halogens is 2. The van der Waals surface area contributed by atoms with Crippen molar-refractivity contribution in [1.29, 1.82) is 0 Å². The van der Waals surface area contributed by atoms with E-state index in [4.69, 9.17) is 23.2 Å². The fraction of sp³-hybridized carbons (Fsp3) is 0.353. The Morgan fingerprint density at radius 3 is 2.63 bits per heavy atom. The van der Waals surface area contributed by atoms with Crippen LogP contribution >= 0.6 is 23.2 Å². The van der Waals surface area contributed by atoms with Gasteiger partial charge in [0.15, 0.2) is 17.0 Å². The van der Waals surface area contributed by atoms with Gasteiger partial charge in [-0.2, -0.15) is 0 Å². The summed E-state index contributed by atoms with van der Waals surface area (Å²) >= 11 is 12.1. The lowest BCUT2D eigenvalue weighted by Gasteiger charge is -2.35. The first-order chi connectivity index (χ1) is 13.1. The molecular weight excluding hydrogens is 389 g/mol. The average Bonchev–Trinajstić information content (AvgIpc) is 3.11. The van der Waals surface area contributed by atoms with Crippen LogP contribution < -0.4 is 4.90 Å². The summed E-state index contributed by atoms with van der Waals surface area (Å²) in [5, 5.41) is 9.21. The monoisotopic (exact) mass is 405 g/mol. The van der Waals surface area contributed by atoms with Crippen LogP contribution in [0.3, 0.4) is 0 Å². The number of aryl methyl sites for hydroxylation is 1. The molecule has 0 aliphatic carbocycles. The topological polar surface area (TPSA) is 80.0 Å². The van der Waals surface area contributed by atoms with Gasteiger partial charge in [-0.15, -0.1) is 5.10 Å². The van der Waals surface area contributed by atoms with Crippen LogP contribution in [-0.2, 0) is 6.54 Å². The van der Waals surface area contributed by atoms with Gasteiger partial charge >= 0.3 is 0 Å². The number of hydrogen-bond donors (Lipinski definition) is 0. The number of carbonyl (C=O) groups is 1. The average molecular weight is 406 g/mol. The smallest absolute Gasteiger partial charge is 0.255 e. The highest BCUT2D eigenvalue weighted by Crippen LogP contribution is 2.25. The zero-order valence-electron chi connectivity index (χ0n) is 14.6. The van der Waals surface area contributed by atoms with Gasteiger partial charge in [0.25, 0.3) is 5.91 Å². The predicted molar refractivity (Wildman–Crippen MR) is 103 cm³/mol. The lowest BCUT2D eigenvalue weighted by atomic mass is 10.1. The van der Waals surface area contributed by atoms with E-state index in [1.165, 1.54) is 6.33 Å². The highest BCUT2D eigenvalue weighted by molar-refractivity contribution is 6.36. The van der Waals surface area contributed by atoms with Gasteiger partial charge in [0.2, 0.25) is 0 Å². The van der Waals surface area contributed by atoms with Gasteiger partial charge in [-0.25, -0.2) is 14.6 Å². The molecule has 0 atom stereocenters. The molecule has 1 amide bonds. The zero-order chi connectivity index (χ0) is 19.0. The summed E-state index contributed by atoms with van der Waals surface area (Å²) < 4.78 is 1.74. The quantitative estimate of drug-likeness (QED) is 0.665. The zero-order valence-corrected chi connectivity index (χ0v) is 16.2. The van der Waals surface area contributed by atoms with E-state index in [2.05, 4.69) is 25.2 Å². The molecule has 1 saturated heterocycles. The van der Waals surface area contributed by atoms with Crippen molar-refractivity contribution in [1.82, 2.24) is 29.9 Å². The van der Waals surface area contributed by atoms with Gasteiger partial charge in [-0.05, 0) is 25.1 Å². The molecule has 27 heavy (non-hydrogen) atoms. The normalized spacial score (nSPS) is 14.8. The molecule has 0 spiro atoms. The van der Waals surface area contributed by atoms with Crippen molar-refractivity contribution in [3.05, 3.63) is 40.1 Å². The van der Waals surface area contributed by atoms with Crippen molar-refractivity contribution in [3.63, 3.8) is 0 Å². The number of anilines is 1. The molecule has 2 aromatic heterocycles. The minimum atomic E-state index is -0.0962. The fourth-order valence-electron chi connectivity index (χ4n) is 3.18.